The van der Waals surface area contributed by atoms with Crippen molar-refractivity contribution in [2.45, 2.75) is 0 Å². The van der Waals surface area contributed by atoms with Crippen LogP contribution < -0.4 is 0 Å². The van der Waals surface area contributed by atoms with Gasteiger partial charge in [-0.1, -0.05) is 200 Å². The van der Waals surface area contributed by atoms with Crippen LogP contribution in [0, 0.1) is 0 Å². The van der Waals surface area contributed by atoms with Crippen molar-refractivity contribution in [3.8, 4) is 67.5 Å². The lowest BCUT2D eigenvalue weighted by molar-refractivity contribution is 0.631. The maximum Gasteiger partial charge on any atom is 0.160 e. The van der Waals surface area contributed by atoms with Gasteiger partial charge >= 0.3 is 0 Å². The van der Waals surface area contributed by atoms with Gasteiger partial charge in [-0.2, -0.15) is 0 Å². The topological polar surface area (TPSA) is 38.9 Å². The minimum Gasteiger partial charge on any atom is -0.456 e. The van der Waals surface area contributed by atoms with Gasteiger partial charge in [-0.15, -0.1) is 0 Å². The molecule has 0 N–H and O–H groups in total. The summed E-state index contributed by atoms with van der Waals surface area (Å²) in [6.07, 6.45) is 0. The highest BCUT2D eigenvalue weighted by Gasteiger charge is 2.17. The molecule has 3 heteroatoms. The smallest absolute Gasteiger partial charge is 0.160 e. The van der Waals surface area contributed by atoms with Crippen molar-refractivity contribution < 1.29 is 4.42 Å². The van der Waals surface area contributed by atoms with E-state index in [4.69, 9.17) is 14.4 Å². The minimum atomic E-state index is 0.690. The van der Waals surface area contributed by atoms with Crippen molar-refractivity contribution in [2.24, 2.45) is 0 Å². The average molecular weight is 851 g/mol. The summed E-state index contributed by atoms with van der Waals surface area (Å²) in [5, 5.41) is 16.6. The average Bonchev–Trinajstić information content (AvgIpc) is 3.84. The molecule has 0 amide bonds. The van der Waals surface area contributed by atoms with Gasteiger partial charge in [0.15, 0.2) is 5.82 Å². The molecule has 3 nitrogen and oxygen atoms in total. The van der Waals surface area contributed by atoms with Crippen LogP contribution in [0.2, 0.25) is 0 Å². The first kappa shape index (κ1) is 37.5. The van der Waals surface area contributed by atoms with Crippen LogP contribution in [-0.2, 0) is 0 Å². The molecule has 0 fully saturated rings. The second-order valence-corrected chi connectivity index (χ2v) is 17.7. The van der Waals surface area contributed by atoms with Crippen molar-refractivity contribution in [1.82, 2.24) is 9.97 Å². The van der Waals surface area contributed by atoms with Crippen LogP contribution in [0.25, 0.3) is 143 Å². The molecule has 2 heterocycles. The summed E-state index contributed by atoms with van der Waals surface area (Å²) in [5.74, 6) is 1.54. The summed E-state index contributed by atoms with van der Waals surface area (Å²) in [4.78, 5) is 10.2. The van der Waals surface area contributed by atoms with Gasteiger partial charge in [-0.3, -0.25) is 0 Å². The molecule has 0 radical (unpaired) electrons. The summed E-state index contributed by atoms with van der Waals surface area (Å²) >= 11 is 0. The molecular weight excluding hydrogens is 813 g/mol. The lowest BCUT2D eigenvalue weighted by atomic mass is 9.86. The fraction of sp³-hybridized carbons (Fsp3) is 0. The van der Waals surface area contributed by atoms with Crippen LogP contribution in [0.15, 0.2) is 235 Å². The van der Waals surface area contributed by atoms with Gasteiger partial charge in [0.2, 0.25) is 0 Å². The monoisotopic (exact) mass is 850 g/mol. The highest BCUT2D eigenvalue weighted by atomic mass is 16.3. The van der Waals surface area contributed by atoms with E-state index in [0.29, 0.717) is 5.82 Å². The third kappa shape index (κ3) is 6.13. The zero-order chi connectivity index (χ0) is 44.0. The van der Waals surface area contributed by atoms with Crippen molar-refractivity contribution in [1.29, 1.82) is 0 Å². The van der Waals surface area contributed by atoms with Crippen molar-refractivity contribution in [3.63, 3.8) is 0 Å². The quantitative estimate of drug-likeness (QED) is 0.156. The van der Waals surface area contributed by atoms with Crippen LogP contribution in [0.3, 0.4) is 0 Å². The van der Waals surface area contributed by atoms with E-state index in [-0.39, 0.29) is 0 Å². The Kier molecular flexibility index (Phi) is 8.28. The Hall–Kier alpha value is -8.92. The molecule has 0 bridgehead atoms. The van der Waals surface area contributed by atoms with Gasteiger partial charge in [0.05, 0.1) is 11.4 Å². The number of rotatable bonds is 6. The summed E-state index contributed by atoms with van der Waals surface area (Å²) in [6.45, 7) is 0. The number of aromatic nitrogens is 2. The van der Waals surface area contributed by atoms with E-state index in [0.717, 1.165) is 61.5 Å². The molecular formula is C64H38N2O. The maximum absolute atomic E-state index is 6.16. The van der Waals surface area contributed by atoms with Gasteiger partial charge in [-0.05, 0) is 117 Å². The molecule has 14 rings (SSSR count). The summed E-state index contributed by atoms with van der Waals surface area (Å²) in [6, 6.07) is 83.0. The lowest BCUT2D eigenvalue weighted by Gasteiger charge is -2.17. The Balaban J connectivity index is 0.830. The van der Waals surface area contributed by atoms with E-state index in [1.165, 1.54) is 75.8 Å². The van der Waals surface area contributed by atoms with Crippen LogP contribution >= 0.6 is 0 Å². The Morgan fingerprint density at radius 3 is 1.27 bits per heavy atom. The molecule has 0 spiro atoms. The summed E-state index contributed by atoms with van der Waals surface area (Å²) in [7, 11) is 0. The molecule has 0 aliphatic rings. The zero-order valence-corrected chi connectivity index (χ0v) is 36.2. The van der Waals surface area contributed by atoms with Gasteiger partial charge in [0.1, 0.15) is 11.3 Å². The van der Waals surface area contributed by atoms with Crippen molar-refractivity contribution >= 4 is 75.6 Å². The SMILES string of the molecule is c1ccc(-c2nc(-c3ccc(-c4ccc(-c5cc6ccc7cccc8c9cccc%10ccc%11cccc(c(c5)c6c78)c%11c%109)cc4)cc3)cc(-c3ccc(-c4cc5ccccc5o4)cc3)n2)cc1. The largest absolute Gasteiger partial charge is 0.456 e. The van der Waals surface area contributed by atoms with E-state index in [9.17, 15) is 0 Å². The Morgan fingerprint density at radius 2 is 0.701 bits per heavy atom. The number of nitrogens with zero attached hydrogens (tertiary/aromatic N) is 2. The fourth-order valence-corrected chi connectivity index (χ4v) is 10.5. The van der Waals surface area contributed by atoms with Gasteiger partial charge in [0.25, 0.3) is 0 Å². The second kappa shape index (κ2) is 14.8. The van der Waals surface area contributed by atoms with Gasteiger partial charge in [0, 0.05) is 27.6 Å². The zero-order valence-electron chi connectivity index (χ0n) is 36.2. The number of furan rings is 1. The van der Waals surface area contributed by atoms with Gasteiger partial charge in [-0.25, -0.2) is 9.97 Å². The third-order valence-corrected chi connectivity index (χ3v) is 13.8. The van der Waals surface area contributed by atoms with Crippen molar-refractivity contribution in [2.75, 3.05) is 0 Å². The first-order chi connectivity index (χ1) is 33.2. The minimum absolute atomic E-state index is 0.690. The highest BCUT2D eigenvalue weighted by molar-refractivity contribution is 6.37. The Bertz CT molecular complexity index is 4190. The lowest BCUT2D eigenvalue weighted by Crippen LogP contribution is -1.96. The fourth-order valence-electron chi connectivity index (χ4n) is 10.5. The highest BCUT2D eigenvalue weighted by Crippen LogP contribution is 2.45. The molecule has 67 heavy (non-hydrogen) atoms. The predicted molar refractivity (Wildman–Crippen MR) is 281 cm³/mol. The van der Waals surface area contributed by atoms with Crippen molar-refractivity contribution in [3.05, 3.63) is 231 Å². The van der Waals surface area contributed by atoms with Crippen LogP contribution in [-0.4, -0.2) is 9.97 Å². The predicted octanol–water partition coefficient (Wildman–Crippen LogP) is 17.6. The first-order valence-corrected chi connectivity index (χ1v) is 22.9. The summed E-state index contributed by atoms with van der Waals surface area (Å²) in [5.41, 5.74) is 11.3. The maximum atomic E-state index is 6.16. The van der Waals surface area contributed by atoms with Crippen LogP contribution in [0.1, 0.15) is 0 Å². The molecule has 0 unspecified atom stereocenters. The standard InChI is InChI=1S/C64H38N2O/c1-2-9-48(10-3-1)64-65-56(38-57(66-64)43-27-29-44(30-28-43)59-37-49-11-4-5-18-58(49)67-59)42-25-23-40(24-26-42)39-19-21-41(22-20-39)51-35-50-34-33-47-13-7-16-53-52-15-6-12-45-31-32-46-14-8-17-54(62(46)60(45)52)55(36-51)63(50)61(47)53/h1-38H. The van der Waals surface area contributed by atoms with Crippen LogP contribution in [0.4, 0.5) is 0 Å². The molecule has 310 valence electrons. The number of hydrogen-bond donors (Lipinski definition) is 0. The summed E-state index contributed by atoms with van der Waals surface area (Å²) < 4.78 is 6.16. The molecule has 0 saturated heterocycles. The molecule has 0 aliphatic heterocycles. The number of para-hydroxylation sites is 1. The van der Waals surface area contributed by atoms with E-state index in [1.54, 1.807) is 0 Å². The molecule has 2 aromatic heterocycles. The molecule has 14 aromatic rings. The Labute approximate surface area is 386 Å². The first-order valence-electron chi connectivity index (χ1n) is 22.9. The number of fused-ring (bicyclic) bond motifs is 3. The molecule has 12 aromatic carbocycles. The van der Waals surface area contributed by atoms with E-state index >= 15 is 0 Å². The van der Waals surface area contributed by atoms with Gasteiger partial charge < -0.3 is 4.42 Å². The Morgan fingerprint density at radius 1 is 0.254 bits per heavy atom. The van der Waals surface area contributed by atoms with Crippen LogP contribution in [0.5, 0.6) is 0 Å². The number of benzene rings is 11. The van der Waals surface area contributed by atoms with E-state index in [2.05, 4.69) is 194 Å². The molecule has 0 aliphatic carbocycles. The van der Waals surface area contributed by atoms with E-state index < -0.39 is 0 Å². The number of hydrogen-bond acceptors (Lipinski definition) is 3. The molecule has 0 atom stereocenters. The second-order valence-electron chi connectivity index (χ2n) is 17.7. The molecule has 0 saturated carbocycles. The normalized spacial score (nSPS) is 11.9. The van der Waals surface area contributed by atoms with E-state index in [1.807, 2.05) is 36.4 Å². The third-order valence-electron chi connectivity index (χ3n) is 13.8.